The van der Waals surface area contributed by atoms with Crippen molar-refractivity contribution in [3.63, 3.8) is 0 Å². The number of hydrogen-bond acceptors (Lipinski definition) is 7. The van der Waals surface area contributed by atoms with Crippen LogP contribution in [0.4, 0.5) is 17.5 Å². The molecule has 3 heterocycles. The Morgan fingerprint density at radius 1 is 0.933 bits per heavy atom. The number of hydrogen-bond donors (Lipinski definition) is 1. The number of aryl methyl sites for hydroxylation is 1. The summed E-state index contributed by atoms with van der Waals surface area (Å²) in [4.78, 5) is 15.3. The van der Waals surface area contributed by atoms with Gasteiger partial charge in [-0.05, 0) is 48.9 Å². The summed E-state index contributed by atoms with van der Waals surface area (Å²) >= 11 is 3.34. The zero-order chi connectivity index (χ0) is 21.1. The summed E-state index contributed by atoms with van der Waals surface area (Å²) in [6.07, 6.45) is 3.24. The normalized spacial score (nSPS) is 15.2. The predicted molar refractivity (Wildman–Crippen MR) is 119 cm³/mol. The van der Waals surface area contributed by atoms with Crippen molar-refractivity contribution in [2.45, 2.75) is 11.8 Å². The molecule has 1 aliphatic heterocycles. The van der Waals surface area contributed by atoms with Gasteiger partial charge in [0.15, 0.2) is 0 Å². The second-order valence-corrected chi connectivity index (χ2v) is 9.80. The van der Waals surface area contributed by atoms with E-state index in [-0.39, 0.29) is 0 Å². The fourth-order valence-corrected chi connectivity index (χ4v) is 4.92. The fraction of sp³-hybridized carbons (Fsp3) is 0.250. The monoisotopic (exact) mass is 488 g/mol. The van der Waals surface area contributed by atoms with E-state index in [9.17, 15) is 8.42 Å². The quantitative estimate of drug-likeness (QED) is 0.589. The van der Waals surface area contributed by atoms with Gasteiger partial charge in [0, 0.05) is 42.9 Å². The van der Waals surface area contributed by atoms with E-state index >= 15 is 0 Å². The van der Waals surface area contributed by atoms with Crippen molar-refractivity contribution < 1.29 is 8.42 Å². The number of halogens is 1. The molecule has 0 aliphatic carbocycles. The van der Waals surface area contributed by atoms with Crippen LogP contribution in [0.3, 0.4) is 0 Å². The van der Waals surface area contributed by atoms with Gasteiger partial charge in [0.2, 0.25) is 10.0 Å². The van der Waals surface area contributed by atoms with E-state index in [2.05, 4.69) is 41.1 Å². The first-order valence-corrected chi connectivity index (χ1v) is 11.7. The van der Waals surface area contributed by atoms with Crippen molar-refractivity contribution in [1.29, 1.82) is 0 Å². The molecule has 0 saturated carbocycles. The molecule has 1 aromatic carbocycles. The smallest absolute Gasteiger partial charge is 0.243 e. The molecule has 0 spiro atoms. The number of anilines is 3. The molecule has 10 heteroatoms. The second-order valence-electron chi connectivity index (χ2n) is 6.95. The highest BCUT2D eigenvalue weighted by Gasteiger charge is 2.29. The van der Waals surface area contributed by atoms with Crippen LogP contribution in [0.15, 0.2) is 64.4 Å². The minimum Gasteiger partial charge on any atom is -0.354 e. The highest BCUT2D eigenvalue weighted by molar-refractivity contribution is 9.10. The lowest BCUT2D eigenvalue weighted by Crippen LogP contribution is -2.48. The molecule has 0 unspecified atom stereocenters. The van der Waals surface area contributed by atoms with Gasteiger partial charge in [0.25, 0.3) is 0 Å². The Morgan fingerprint density at radius 3 is 2.33 bits per heavy atom. The molecule has 0 radical (unpaired) electrons. The summed E-state index contributed by atoms with van der Waals surface area (Å²) < 4.78 is 28.1. The summed E-state index contributed by atoms with van der Waals surface area (Å²) in [5.41, 5.74) is 1.10. The van der Waals surface area contributed by atoms with Gasteiger partial charge in [-0.25, -0.2) is 23.4 Å². The first-order valence-electron chi connectivity index (χ1n) is 9.44. The Morgan fingerprint density at radius 2 is 1.63 bits per heavy atom. The van der Waals surface area contributed by atoms with Crippen LogP contribution in [0.25, 0.3) is 0 Å². The van der Waals surface area contributed by atoms with E-state index in [0.29, 0.717) is 42.7 Å². The maximum absolute atomic E-state index is 12.9. The van der Waals surface area contributed by atoms with Crippen molar-refractivity contribution in [3.05, 3.63) is 65.0 Å². The maximum atomic E-state index is 12.9. The number of piperazine rings is 1. The molecule has 0 atom stereocenters. The van der Waals surface area contributed by atoms with Crippen molar-refractivity contribution in [1.82, 2.24) is 19.3 Å². The third-order valence-corrected chi connectivity index (χ3v) is 7.28. The number of nitrogens with one attached hydrogen (secondary N) is 1. The van der Waals surface area contributed by atoms with E-state index in [1.54, 1.807) is 30.5 Å². The molecule has 0 bridgehead atoms. The van der Waals surface area contributed by atoms with Gasteiger partial charge in [-0.2, -0.15) is 4.31 Å². The van der Waals surface area contributed by atoms with E-state index in [1.807, 2.05) is 25.1 Å². The van der Waals surface area contributed by atoms with Gasteiger partial charge < -0.3 is 10.2 Å². The van der Waals surface area contributed by atoms with Gasteiger partial charge in [-0.1, -0.05) is 15.9 Å². The fourth-order valence-electron chi connectivity index (χ4n) is 3.24. The van der Waals surface area contributed by atoms with Crippen LogP contribution in [0, 0.1) is 6.92 Å². The molecule has 1 N–H and O–H groups in total. The van der Waals surface area contributed by atoms with Crippen molar-refractivity contribution in [2.24, 2.45) is 0 Å². The second kappa shape index (κ2) is 8.66. The Hall–Kier alpha value is -2.56. The molecule has 156 valence electrons. The minimum absolute atomic E-state index is 0.304. The van der Waals surface area contributed by atoms with Crippen LogP contribution in [-0.2, 0) is 10.0 Å². The van der Waals surface area contributed by atoms with Crippen LogP contribution < -0.4 is 10.2 Å². The van der Waals surface area contributed by atoms with Gasteiger partial charge >= 0.3 is 0 Å². The summed E-state index contributed by atoms with van der Waals surface area (Å²) in [5.74, 6) is 2.11. The van der Waals surface area contributed by atoms with Crippen LogP contribution in [0.2, 0.25) is 0 Å². The molecular formula is C20H21BrN6O2S. The SMILES string of the molecule is Cc1ccnc(Nc2cc(N3CCN(S(=O)(=O)c4ccc(Br)cc4)CC3)ncn2)c1. The van der Waals surface area contributed by atoms with Gasteiger partial charge in [-0.3, -0.25) is 0 Å². The van der Waals surface area contributed by atoms with Gasteiger partial charge in [0.1, 0.15) is 23.8 Å². The van der Waals surface area contributed by atoms with E-state index in [4.69, 9.17) is 0 Å². The van der Waals surface area contributed by atoms with Crippen LogP contribution in [-0.4, -0.2) is 53.9 Å². The summed E-state index contributed by atoms with van der Waals surface area (Å²) in [7, 11) is -3.50. The number of pyridine rings is 1. The van der Waals surface area contributed by atoms with E-state index in [0.717, 1.165) is 15.9 Å². The Bertz CT molecular complexity index is 1130. The molecular weight excluding hydrogens is 468 g/mol. The molecule has 1 saturated heterocycles. The molecule has 1 aliphatic rings. The zero-order valence-electron chi connectivity index (χ0n) is 16.4. The van der Waals surface area contributed by atoms with Crippen LogP contribution in [0.5, 0.6) is 0 Å². The predicted octanol–water partition coefficient (Wildman–Crippen LogP) is 3.20. The van der Waals surface area contributed by atoms with E-state index < -0.39 is 10.0 Å². The Balaban J connectivity index is 1.43. The minimum atomic E-state index is -3.50. The average molecular weight is 489 g/mol. The van der Waals surface area contributed by atoms with Crippen molar-refractivity contribution in [2.75, 3.05) is 36.4 Å². The lowest BCUT2D eigenvalue weighted by atomic mass is 10.3. The molecule has 1 fully saturated rings. The summed E-state index contributed by atoms with van der Waals surface area (Å²) in [6.45, 7) is 3.89. The molecule has 30 heavy (non-hydrogen) atoms. The maximum Gasteiger partial charge on any atom is 0.243 e. The first kappa shape index (κ1) is 20.7. The molecule has 8 nitrogen and oxygen atoms in total. The third kappa shape index (κ3) is 4.61. The average Bonchev–Trinajstić information content (AvgIpc) is 2.74. The molecule has 2 aromatic heterocycles. The highest BCUT2D eigenvalue weighted by Crippen LogP contribution is 2.23. The third-order valence-electron chi connectivity index (χ3n) is 4.84. The number of benzene rings is 1. The van der Waals surface area contributed by atoms with Crippen molar-refractivity contribution >= 4 is 43.4 Å². The lowest BCUT2D eigenvalue weighted by Gasteiger charge is -2.34. The Labute approximate surface area is 184 Å². The van der Waals surface area contributed by atoms with Gasteiger partial charge in [0.05, 0.1) is 4.90 Å². The standard InChI is InChI=1S/C20H21BrN6O2S/c1-15-6-7-22-18(12-15)25-19-13-20(24-14-23-19)26-8-10-27(11-9-26)30(28,29)17-4-2-16(21)3-5-17/h2-7,12-14H,8-11H2,1H3,(H,22,23,24,25). The Kier molecular flexibility index (Phi) is 5.98. The number of rotatable bonds is 5. The number of sulfonamides is 1. The first-order chi connectivity index (χ1) is 14.4. The molecule has 4 rings (SSSR count). The molecule has 0 amide bonds. The molecule has 3 aromatic rings. The van der Waals surface area contributed by atoms with Gasteiger partial charge in [-0.15, -0.1) is 0 Å². The topological polar surface area (TPSA) is 91.3 Å². The summed E-state index contributed by atoms with van der Waals surface area (Å²) in [5, 5.41) is 3.18. The number of aromatic nitrogens is 3. The highest BCUT2D eigenvalue weighted by atomic mass is 79.9. The van der Waals surface area contributed by atoms with Crippen LogP contribution in [0.1, 0.15) is 5.56 Å². The van der Waals surface area contributed by atoms with Crippen LogP contribution >= 0.6 is 15.9 Å². The number of nitrogens with zero attached hydrogens (tertiary/aromatic N) is 5. The zero-order valence-corrected chi connectivity index (χ0v) is 18.8. The lowest BCUT2D eigenvalue weighted by molar-refractivity contribution is 0.384. The summed E-state index contributed by atoms with van der Waals surface area (Å²) in [6, 6.07) is 12.4. The van der Waals surface area contributed by atoms with Crippen molar-refractivity contribution in [3.8, 4) is 0 Å². The van der Waals surface area contributed by atoms with E-state index in [1.165, 1.54) is 10.6 Å². The largest absolute Gasteiger partial charge is 0.354 e.